The quantitative estimate of drug-likeness (QED) is 0.831. The van der Waals surface area contributed by atoms with Crippen LogP contribution in [0.4, 0.5) is 0 Å². The number of amides is 1. The monoisotopic (exact) mass is 269 g/mol. The number of carbonyl (C=O) groups is 1. The molecule has 0 aromatic heterocycles. The van der Waals surface area contributed by atoms with E-state index in [1.807, 2.05) is 54.6 Å². The Balaban J connectivity index is 1.91. The second-order valence-electron chi connectivity index (χ2n) is 4.85. The second kappa shape index (κ2) is 6.75. The lowest BCUT2D eigenvalue weighted by Crippen LogP contribution is -2.21. The maximum atomic E-state index is 11.5. The molecule has 104 valence electrons. The number of nitrogens with zero attached hydrogens (tertiary/aromatic N) is 1. The van der Waals surface area contributed by atoms with Gasteiger partial charge in [0.2, 0.25) is 5.91 Å². The van der Waals surface area contributed by atoms with Crippen LogP contribution in [-0.2, 0) is 11.2 Å². The van der Waals surface area contributed by atoms with Gasteiger partial charge in [0.25, 0.3) is 0 Å². The Bertz CT molecular complexity index is 547. The SMILES string of the molecule is CN(C)C(=O)CCc1ccc(Oc2ccccc2)cc1. The van der Waals surface area contributed by atoms with E-state index in [-0.39, 0.29) is 5.91 Å². The molecule has 0 saturated heterocycles. The van der Waals surface area contributed by atoms with Crippen LogP contribution in [0.5, 0.6) is 11.5 Å². The van der Waals surface area contributed by atoms with Crippen LogP contribution in [0.25, 0.3) is 0 Å². The maximum absolute atomic E-state index is 11.5. The number of hydrogen-bond acceptors (Lipinski definition) is 2. The number of para-hydroxylation sites is 1. The minimum Gasteiger partial charge on any atom is -0.457 e. The summed E-state index contributed by atoms with van der Waals surface area (Å²) in [5.74, 6) is 1.77. The van der Waals surface area contributed by atoms with Crippen LogP contribution in [0.1, 0.15) is 12.0 Å². The van der Waals surface area contributed by atoms with E-state index in [0.29, 0.717) is 6.42 Å². The van der Waals surface area contributed by atoms with E-state index in [2.05, 4.69) is 0 Å². The van der Waals surface area contributed by atoms with Crippen LogP contribution in [0.15, 0.2) is 54.6 Å². The van der Waals surface area contributed by atoms with Gasteiger partial charge in [0.1, 0.15) is 11.5 Å². The van der Waals surface area contributed by atoms with Crippen molar-refractivity contribution in [1.29, 1.82) is 0 Å². The first kappa shape index (κ1) is 14.1. The highest BCUT2D eigenvalue weighted by molar-refractivity contribution is 5.75. The Morgan fingerprint density at radius 1 is 0.950 bits per heavy atom. The highest BCUT2D eigenvalue weighted by Crippen LogP contribution is 2.21. The molecule has 20 heavy (non-hydrogen) atoms. The lowest BCUT2D eigenvalue weighted by molar-refractivity contribution is -0.128. The molecule has 0 heterocycles. The smallest absolute Gasteiger partial charge is 0.222 e. The molecule has 0 N–H and O–H groups in total. The molecule has 0 spiro atoms. The van der Waals surface area contributed by atoms with Crippen LogP contribution in [0.2, 0.25) is 0 Å². The molecule has 2 aromatic rings. The van der Waals surface area contributed by atoms with Crippen LogP contribution >= 0.6 is 0 Å². The van der Waals surface area contributed by atoms with E-state index in [0.717, 1.165) is 23.5 Å². The van der Waals surface area contributed by atoms with Gasteiger partial charge in [-0.05, 0) is 36.2 Å². The molecule has 0 unspecified atom stereocenters. The molecular formula is C17H19NO2. The summed E-state index contributed by atoms with van der Waals surface area (Å²) in [5.41, 5.74) is 1.14. The molecule has 0 saturated carbocycles. The van der Waals surface area contributed by atoms with Gasteiger partial charge in [-0.2, -0.15) is 0 Å². The van der Waals surface area contributed by atoms with Crippen molar-refractivity contribution in [3.63, 3.8) is 0 Å². The Labute approximate surface area is 119 Å². The minimum absolute atomic E-state index is 0.148. The third kappa shape index (κ3) is 4.12. The standard InChI is InChI=1S/C17H19NO2/c1-18(2)17(19)13-10-14-8-11-16(12-9-14)20-15-6-4-3-5-7-15/h3-9,11-12H,10,13H2,1-2H3. The van der Waals surface area contributed by atoms with Gasteiger partial charge in [-0.15, -0.1) is 0 Å². The number of benzene rings is 2. The molecule has 3 heteroatoms. The van der Waals surface area contributed by atoms with E-state index >= 15 is 0 Å². The summed E-state index contributed by atoms with van der Waals surface area (Å²) in [5, 5.41) is 0. The van der Waals surface area contributed by atoms with E-state index in [4.69, 9.17) is 4.74 Å². The van der Waals surface area contributed by atoms with Gasteiger partial charge in [0.15, 0.2) is 0 Å². The molecule has 0 atom stereocenters. The Morgan fingerprint density at radius 3 is 2.15 bits per heavy atom. The topological polar surface area (TPSA) is 29.5 Å². The summed E-state index contributed by atoms with van der Waals surface area (Å²) in [6.07, 6.45) is 1.29. The predicted molar refractivity (Wildman–Crippen MR) is 80.0 cm³/mol. The zero-order valence-electron chi connectivity index (χ0n) is 11.9. The second-order valence-corrected chi connectivity index (χ2v) is 4.85. The maximum Gasteiger partial charge on any atom is 0.222 e. The number of ether oxygens (including phenoxy) is 1. The normalized spacial score (nSPS) is 10.1. The van der Waals surface area contributed by atoms with Crippen molar-refractivity contribution in [2.45, 2.75) is 12.8 Å². The number of carbonyl (C=O) groups excluding carboxylic acids is 1. The first-order valence-electron chi connectivity index (χ1n) is 6.67. The third-order valence-corrected chi connectivity index (χ3v) is 3.03. The average molecular weight is 269 g/mol. The van der Waals surface area contributed by atoms with Gasteiger partial charge in [0.05, 0.1) is 0 Å². The molecule has 0 aliphatic carbocycles. The van der Waals surface area contributed by atoms with Crippen molar-refractivity contribution in [2.24, 2.45) is 0 Å². The van der Waals surface area contributed by atoms with Gasteiger partial charge in [-0.1, -0.05) is 30.3 Å². The summed E-state index contributed by atoms with van der Waals surface area (Å²) >= 11 is 0. The van der Waals surface area contributed by atoms with Crippen LogP contribution in [-0.4, -0.2) is 24.9 Å². The highest BCUT2D eigenvalue weighted by atomic mass is 16.5. The largest absolute Gasteiger partial charge is 0.457 e. The molecule has 2 rings (SSSR count). The van der Waals surface area contributed by atoms with E-state index in [1.165, 1.54) is 0 Å². The molecule has 3 nitrogen and oxygen atoms in total. The molecular weight excluding hydrogens is 250 g/mol. The highest BCUT2D eigenvalue weighted by Gasteiger charge is 2.04. The first-order valence-corrected chi connectivity index (χ1v) is 6.67. The lowest BCUT2D eigenvalue weighted by Gasteiger charge is -2.10. The van der Waals surface area contributed by atoms with Gasteiger partial charge < -0.3 is 9.64 Å². The van der Waals surface area contributed by atoms with Gasteiger partial charge in [0, 0.05) is 20.5 Å². The van der Waals surface area contributed by atoms with Crippen molar-refractivity contribution >= 4 is 5.91 Å². The number of aryl methyl sites for hydroxylation is 1. The summed E-state index contributed by atoms with van der Waals surface area (Å²) in [6, 6.07) is 17.5. The number of rotatable bonds is 5. The lowest BCUT2D eigenvalue weighted by atomic mass is 10.1. The predicted octanol–water partition coefficient (Wildman–Crippen LogP) is 3.50. The van der Waals surface area contributed by atoms with E-state index in [9.17, 15) is 4.79 Å². The molecule has 2 aromatic carbocycles. The summed E-state index contributed by atoms with van der Waals surface area (Å²) in [7, 11) is 3.55. The molecule has 0 fully saturated rings. The molecule has 0 radical (unpaired) electrons. The zero-order valence-corrected chi connectivity index (χ0v) is 11.9. The molecule has 0 aliphatic rings. The third-order valence-electron chi connectivity index (χ3n) is 3.03. The van der Waals surface area contributed by atoms with E-state index in [1.54, 1.807) is 19.0 Å². The van der Waals surface area contributed by atoms with Crippen LogP contribution in [0, 0.1) is 0 Å². The van der Waals surface area contributed by atoms with Crippen LogP contribution < -0.4 is 4.74 Å². The fraction of sp³-hybridized carbons (Fsp3) is 0.235. The van der Waals surface area contributed by atoms with Crippen molar-refractivity contribution in [3.05, 3.63) is 60.2 Å². The van der Waals surface area contributed by atoms with Crippen molar-refractivity contribution in [1.82, 2.24) is 4.90 Å². The van der Waals surface area contributed by atoms with E-state index < -0.39 is 0 Å². The van der Waals surface area contributed by atoms with Crippen molar-refractivity contribution in [2.75, 3.05) is 14.1 Å². The first-order chi connectivity index (χ1) is 9.65. The summed E-state index contributed by atoms with van der Waals surface area (Å²) in [6.45, 7) is 0. The van der Waals surface area contributed by atoms with Crippen molar-refractivity contribution in [3.8, 4) is 11.5 Å². The fourth-order valence-corrected chi connectivity index (χ4v) is 1.82. The van der Waals surface area contributed by atoms with Gasteiger partial charge in [-0.25, -0.2) is 0 Å². The molecule has 0 aliphatic heterocycles. The average Bonchev–Trinajstić information content (AvgIpc) is 2.47. The summed E-state index contributed by atoms with van der Waals surface area (Å²) in [4.78, 5) is 13.1. The van der Waals surface area contributed by atoms with Gasteiger partial charge >= 0.3 is 0 Å². The van der Waals surface area contributed by atoms with Gasteiger partial charge in [-0.3, -0.25) is 4.79 Å². The molecule has 0 bridgehead atoms. The minimum atomic E-state index is 0.148. The van der Waals surface area contributed by atoms with Crippen LogP contribution in [0.3, 0.4) is 0 Å². The zero-order chi connectivity index (χ0) is 14.4. The Morgan fingerprint density at radius 2 is 1.55 bits per heavy atom. The van der Waals surface area contributed by atoms with Crippen molar-refractivity contribution < 1.29 is 9.53 Å². The Kier molecular flexibility index (Phi) is 4.77. The number of hydrogen-bond donors (Lipinski definition) is 0. The Hall–Kier alpha value is -2.29. The fourth-order valence-electron chi connectivity index (χ4n) is 1.82. The summed E-state index contributed by atoms with van der Waals surface area (Å²) < 4.78 is 5.72. The molecule has 1 amide bonds.